The summed E-state index contributed by atoms with van der Waals surface area (Å²) in [5.74, 6) is 0.447. The molecule has 0 aliphatic carbocycles. The molecule has 0 saturated carbocycles. The van der Waals surface area contributed by atoms with Crippen LogP contribution in [0.15, 0.2) is 48.5 Å². The van der Waals surface area contributed by atoms with Crippen LogP contribution in [0.1, 0.15) is 11.4 Å². The normalized spacial score (nSPS) is 10.5. The number of nitrogens with zero attached hydrogens (tertiary/aromatic N) is 2. The first-order valence-electron chi connectivity index (χ1n) is 7.34. The molecule has 2 aromatic carbocycles. The summed E-state index contributed by atoms with van der Waals surface area (Å²) >= 11 is 0. The number of hydrogen-bond donors (Lipinski definition) is 1. The van der Waals surface area contributed by atoms with Crippen molar-refractivity contribution in [3.63, 3.8) is 0 Å². The van der Waals surface area contributed by atoms with Gasteiger partial charge >= 0.3 is 0 Å². The van der Waals surface area contributed by atoms with Gasteiger partial charge in [0, 0.05) is 5.69 Å². The van der Waals surface area contributed by atoms with E-state index in [2.05, 4.69) is 15.3 Å². The van der Waals surface area contributed by atoms with E-state index in [1.54, 1.807) is 0 Å². The van der Waals surface area contributed by atoms with E-state index in [-0.39, 0.29) is 12.5 Å². The summed E-state index contributed by atoms with van der Waals surface area (Å²) in [6.45, 7) is 3.81. The zero-order valence-corrected chi connectivity index (χ0v) is 13.0. The lowest BCUT2D eigenvalue weighted by molar-refractivity contribution is -0.118. The van der Waals surface area contributed by atoms with Crippen LogP contribution < -0.4 is 10.1 Å². The molecule has 1 N–H and O–H groups in total. The van der Waals surface area contributed by atoms with Gasteiger partial charge in [-0.1, -0.05) is 18.2 Å². The van der Waals surface area contributed by atoms with Gasteiger partial charge in [-0.25, -0.2) is 9.97 Å². The minimum atomic E-state index is -0.218. The average Bonchev–Trinajstić information content (AvgIpc) is 2.55. The molecule has 0 bridgehead atoms. The topological polar surface area (TPSA) is 64.1 Å². The van der Waals surface area contributed by atoms with Crippen molar-refractivity contribution in [2.75, 3.05) is 11.9 Å². The number of carbonyl (C=O) groups excluding carboxylic acids is 1. The van der Waals surface area contributed by atoms with Crippen molar-refractivity contribution in [1.82, 2.24) is 9.97 Å². The fraction of sp³-hybridized carbons (Fsp3) is 0.167. The average molecular weight is 307 g/mol. The van der Waals surface area contributed by atoms with Crippen LogP contribution in [0, 0.1) is 13.8 Å². The fourth-order valence-electron chi connectivity index (χ4n) is 2.17. The summed E-state index contributed by atoms with van der Waals surface area (Å²) in [6.07, 6.45) is 0. The molecular formula is C18H17N3O2. The molecule has 0 unspecified atom stereocenters. The molecule has 1 aromatic heterocycles. The number of aryl methyl sites for hydroxylation is 2. The number of amides is 1. The van der Waals surface area contributed by atoms with E-state index in [1.165, 1.54) is 0 Å². The highest BCUT2D eigenvalue weighted by Gasteiger charge is 2.06. The Balaban J connectivity index is 1.68. The van der Waals surface area contributed by atoms with Gasteiger partial charge in [0.05, 0.1) is 22.4 Å². The monoisotopic (exact) mass is 307 g/mol. The highest BCUT2D eigenvalue weighted by Crippen LogP contribution is 2.17. The lowest BCUT2D eigenvalue weighted by Gasteiger charge is -2.08. The van der Waals surface area contributed by atoms with Crippen LogP contribution in [-0.4, -0.2) is 22.5 Å². The molecular weight excluding hydrogens is 290 g/mol. The van der Waals surface area contributed by atoms with Crippen molar-refractivity contribution in [1.29, 1.82) is 0 Å². The number of aromatic nitrogens is 2. The highest BCUT2D eigenvalue weighted by atomic mass is 16.5. The molecule has 3 rings (SSSR count). The molecule has 0 radical (unpaired) electrons. The maximum atomic E-state index is 12.0. The number of ether oxygens (including phenoxy) is 1. The Hall–Kier alpha value is -2.95. The van der Waals surface area contributed by atoms with Gasteiger partial charge in [-0.3, -0.25) is 4.79 Å². The van der Waals surface area contributed by atoms with E-state index in [0.29, 0.717) is 11.4 Å². The minimum Gasteiger partial charge on any atom is -0.484 e. The predicted octanol–water partition coefficient (Wildman–Crippen LogP) is 3.26. The second-order valence-electron chi connectivity index (χ2n) is 5.25. The number of benzene rings is 2. The molecule has 116 valence electrons. The molecule has 5 heteroatoms. The zero-order valence-electron chi connectivity index (χ0n) is 13.0. The van der Waals surface area contributed by atoms with Crippen LogP contribution in [0.3, 0.4) is 0 Å². The standard InChI is InChI=1S/C18H17N3O2/c1-12-13(2)20-17-10-14(8-9-16(17)19-12)21-18(22)11-23-15-6-4-3-5-7-15/h3-10H,11H2,1-2H3,(H,21,22). The summed E-state index contributed by atoms with van der Waals surface area (Å²) in [7, 11) is 0. The molecule has 0 aliphatic heterocycles. The number of fused-ring (bicyclic) bond motifs is 1. The maximum absolute atomic E-state index is 12.0. The Labute approximate surface area is 134 Å². The number of hydrogen-bond acceptors (Lipinski definition) is 4. The largest absolute Gasteiger partial charge is 0.484 e. The summed E-state index contributed by atoms with van der Waals surface area (Å²) in [4.78, 5) is 20.9. The van der Waals surface area contributed by atoms with Crippen LogP contribution >= 0.6 is 0 Å². The van der Waals surface area contributed by atoms with Gasteiger partial charge in [0.25, 0.3) is 5.91 Å². The molecule has 0 saturated heterocycles. The Morgan fingerprint density at radius 3 is 2.43 bits per heavy atom. The highest BCUT2D eigenvalue weighted by molar-refractivity contribution is 5.93. The van der Waals surface area contributed by atoms with Crippen LogP contribution in [0.2, 0.25) is 0 Å². The van der Waals surface area contributed by atoms with E-state index in [0.717, 1.165) is 22.4 Å². The molecule has 5 nitrogen and oxygen atoms in total. The molecule has 0 spiro atoms. The third-order valence-electron chi connectivity index (χ3n) is 3.47. The van der Waals surface area contributed by atoms with Crippen LogP contribution in [0.25, 0.3) is 11.0 Å². The van der Waals surface area contributed by atoms with Crippen molar-refractivity contribution in [3.05, 3.63) is 59.9 Å². The Morgan fingerprint density at radius 1 is 1.00 bits per heavy atom. The molecule has 0 aliphatic rings. The first-order valence-corrected chi connectivity index (χ1v) is 7.34. The van der Waals surface area contributed by atoms with Gasteiger partial charge in [-0.2, -0.15) is 0 Å². The second kappa shape index (κ2) is 6.44. The van der Waals surface area contributed by atoms with Crippen molar-refractivity contribution in [2.24, 2.45) is 0 Å². The van der Waals surface area contributed by atoms with Crippen molar-refractivity contribution in [2.45, 2.75) is 13.8 Å². The van der Waals surface area contributed by atoms with Crippen LogP contribution in [0.4, 0.5) is 5.69 Å². The summed E-state index contributed by atoms with van der Waals surface area (Å²) < 4.78 is 5.42. The fourth-order valence-corrected chi connectivity index (χ4v) is 2.17. The van der Waals surface area contributed by atoms with Crippen LogP contribution in [0.5, 0.6) is 5.75 Å². The number of para-hydroxylation sites is 1. The lowest BCUT2D eigenvalue weighted by atomic mass is 10.2. The van der Waals surface area contributed by atoms with Crippen molar-refractivity contribution >= 4 is 22.6 Å². The SMILES string of the molecule is Cc1nc2ccc(NC(=O)COc3ccccc3)cc2nc1C. The Morgan fingerprint density at radius 2 is 1.70 bits per heavy atom. The van der Waals surface area contributed by atoms with Crippen LogP contribution in [-0.2, 0) is 4.79 Å². The van der Waals surface area contributed by atoms with Gasteiger partial charge in [-0.05, 0) is 44.2 Å². The van der Waals surface area contributed by atoms with E-state index >= 15 is 0 Å². The van der Waals surface area contributed by atoms with Gasteiger partial charge in [0.1, 0.15) is 5.75 Å². The number of anilines is 1. The second-order valence-corrected chi connectivity index (χ2v) is 5.25. The van der Waals surface area contributed by atoms with Crippen molar-refractivity contribution in [3.8, 4) is 5.75 Å². The lowest BCUT2D eigenvalue weighted by Crippen LogP contribution is -2.20. The molecule has 23 heavy (non-hydrogen) atoms. The molecule has 3 aromatic rings. The quantitative estimate of drug-likeness (QED) is 0.803. The van der Waals surface area contributed by atoms with E-state index in [9.17, 15) is 4.79 Å². The third kappa shape index (κ3) is 3.63. The van der Waals surface area contributed by atoms with E-state index in [4.69, 9.17) is 4.74 Å². The Bertz CT molecular complexity index is 848. The van der Waals surface area contributed by atoms with E-state index in [1.807, 2.05) is 62.4 Å². The first-order chi connectivity index (χ1) is 11.1. The van der Waals surface area contributed by atoms with Gasteiger partial charge in [0.2, 0.25) is 0 Å². The van der Waals surface area contributed by atoms with Gasteiger partial charge in [0.15, 0.2) is 6.61 Å². The van der Waals surface area contributed by atoms with Gasteiger partial charge in [-0.15, -0.1) is 0 Å². The summed E-state index contributed by atoms with van der Waals surface area (Å²) in [6, 6.07) is 14.7. The third-order valence-corrected chi connectivity index (χ3v) is 3.47. The summed E-state index contributed by atoms with van der Waals surface area (Å²) in [5.41, 5.74) is 4.04. The predicted molar refractivity (Wildman–Crippen MR) is 89.6 cm³/mol. The number of rotatable bonds is 4. The molecule has 0 atom stereocenters. The van der Waals surface area contributed by atoms with E-state index < -0.39 is 0 Å². The van der Waals surface area contributed by atoms with Crippen molar-refractivity contribution < 1.29 is 9.53 Å². The smallest absolute Gasteiger partial charge is 0.262 e. The summed E-state index contributed by atoms with van der Waals surface area (Å²) in [5, 5.41) is 2.81. The molecule has 1 amide bonds. The maximum Gasteiger partial charge on any atom is 0.262 e. The molecule has 1 heterocycles. The number of carbonyl (C=O) groups is 1. The minimum absolute atomic E-state index is 0.0410. The Kier molecular flexibility index (Phi) is 4.19. The zero-order chi connectivity index (χ0) is 16.2. The molecule has 0 fully saturated rings. The number of nitrogens with one attached hydrogen (secondary N) is 1. The van der Waals surface area contributed by atoms with Gasteiger partial charge < -0.3 is 10.1 Å². The first kappa shape index (κ1) is 15.0.